The van der Waals surface area contributed by atoms with Crippen molar-refractivity contribution in [3.05, 3.63) is 65.2 Å². The van der Waals surface area contributed by atoms with Gasteiger partial charge in [0.05, 0.1) is 17.6 Å². The molecule has 0 spiro atoms. The summed E-state index contributed by atoms with van der Waals surface area (Å²) in [5.74, 6) is 3.01. The lowest BCUT2D eigenvalue weighted by Gasteiger charge is -2.26. The molecule has 1 aliphatic heterocycles. The molecular formula is C27H35FN4OS. The minimum absolute atomic E-state index is 0.160. The zero-order valence-electron chi connectivity index (χ0n) is 20.5. The lowest BCUT2D eigenvalue weighted by atomic mass is 10.1. The van der Waals surface area contributed by atoms with E-state index in [9.17, 15) is 9.18 Å². The minimum atomic E-state index is -0.395. The molecule has 1 saturated heterocycles. The van der Waals surface area contributed by atoms with Crippen molar-refractivity contribution >= 4 is 28.7 Å². The summed E-state index contributed by atoms with van der Waals surface area (Å²) in [6, 6.07) is 12.5. The summed E-state index contributed by atoms with van der Waals surface area (Å²) < 4.78 is 16.0. The number of carbonyl (C=O) groups excluding carboxylic acids is 1. The highest BCUT2D eigenvalue weighted by Gasteiger charge is 2.22. The Bertz CT molecular complexity index is 1120. The number of hydrogen-bond donors (Lipinski definition) is 0. The van der Waals surface area contributed by atoms with Gasteiger partial charge in [0.25, 0.3) is 5.91 Å². The molecule has 0 aliphatic carbocycles. The van der Waals surface area contributed by atoms with Crippen LogP contribution in [0.3, 0.4) is 0 Å². The standard InChI is InChI=1S/C27H35FN4OS/c1-4-10-32-25-9-8-21(18-30-11-13-34-14-12-30)15-24(25)29-26(32)19-31(17-20(2)3)27(33)22-6-5-7-23(28)16-22/h5-9,15-16,20H,4,10-14,17-19H2,1-3H3. The zero-order chi connectivity index (χ0) is 24.1. The zero-order valence-corrected chi connectivity index (χ0v) is 21.3. The van der Waals surface area contributed by atoms with E-state index in [1.807, 2.05) is 11.8 Å². The molecule has 182 valence electrons. The highest BCUT2D eigenvalue weighted by Crippen LogP contribution is 2.23. The maximum absolute atomic E-state index is 13.8. The average Bonchev–Trinajstić information content (AvgIpc) is 3.15. The Kier molecular flexibility index (Phi) is 8.27. The average molecular weight is 483 g/mol. The molecule has 1 aromatic heterocycles. The maximum Gasteiger partial charge on any atom is 0.254 e. The molecule has 3 aromatic rings. The van der Waals surface area contributed by atoms with Crippen LogP contribution < -0.4 is 0 Å². The number of carbonyl (C=O) groups is 1. The van der Waals surface area contributed by atoms with Gasteiger partial charge >= 0.3 is 0 Å². The Labute approximate surface area is 206 Å². The van der Waals surface area contributed by atoms with Crippen molar-refractivity contribution in [2.75, 3.05) is 31.1 Å². The van der Waals surface area contributed by atoms with Crippen molar-refractivity contribution in [3.8, 4) is 0 Å². The van der Waals surface area contributed by atoms with E-state index in [-0.39, 0.29) is 11.8 Å². The van der Waals surface area contributed by atoms with Crippen molar-refractivity contribution in [3.63, 3.8) is 0 Å². The van der Waals surface area contributed by atoms with E-state index in [0.29, 0.717) is 18.7 Å². The molecule has 34 heavy (non-hydrogen) atoms. The summed E-state index contributed by atoms with van der Waals surface area (Å²) in [6.45, 7) is 11.4. The van der Waals surface area contributed by atoms with Gasteiger partial charge in [-0.05, 0) is 48.2 Å². The number of nitrogens with zero attached hydrogens (tertiary/aromatic N) is 4. The van der Waals surface area contributed by atoms with Crippen LogP contribution in [-0.2, 0) is 19.6 Å². The van der Waals surface area contributed by atoms with Gasteiger partial charge in [0.15, 0.2) is 0 Å². The molecule has 1 fully saturated rings. The van der Waals surface area contributed by atoms with Gasteiger partial charge in [0, 0.05) is 49.8 Å². The Hall–Kier alpha value is -2.38. The summed E-state index contributed by atoms with van der Waals surface area (Å²) in [6.07, 6.45) is 0.980. The van der Waals surface area contributed by atoms with E-state index in [1.54, 1.807) is 17.0 Å². The van der Waals surface area contributed by atoms with E-state index in [2.05, 4.69) is 48.4 Å². The van der Waals surface area contributed by atoms with Gasteiger partial charge in [-0.15, -0.1) is 0 Å². The second-order valence-corrected chi connectivity index (χ2v) is 10.7. The van der Waals surface area contributed by atoms with E-state index < -0.39 is 5.82 Å². The number of fused-ring (bicyclic) bond motifs is 1. The highest BCUT2D eigenvalue weighted by atomic mass is 32.2. The number of amides is 1. The molecule has 0 saturated carbocycles. The third kappa shape index (κ3) is 5.99. The van der Waals surface area contributed by atoms with E-state index in [4.69, 9.17) is 4.98 Å². The Morgan fingerprint density at radius 3 is 2.68 bits per heavy atom. The van der Waals surface area contributed by atoms with E-state index >= 15 is 0 Å². The quantitative estimate of drug-likeness (QED) is 0.408. The third-order valence-corrected chi connectivity index (χ3v) is 7.07. The van der Waals surface area contributed by atoms with Crippen LogP contribution >= 0.6 is 11.8 Å². The number of aryl methyl sites for hydroxylation is 1. The van der Waals surface area contributed by atoms with Crippen molar-refractivity contribution in [2.24, 2.45) is 5.92 Å². The molecule has 0 unspecified atom stereocenters. The topological polar surface area (TPSA) is 41.4 Å². The molecule has 2 aromatic carbocycles. The van der Waals surface area contributed by atoms with Crippen molar-refractivity contribution in [1.29, 1.82) is 0 Å². The Morgan fingerprint density at radius 2 is 1.97 bits per heavy atom. The predicted octanol–water partition coefficient (Wildman–Crippen LogP) is 5.43. The third-order valence-electron chi connectivity index (χ3n) is 6.13. The SMILES string of the molecule is CCCn1c(CN(CC(C)C)C(=O)c2cccc(F)c2)nc2cc(CN3CCSCC3)ccc21. The fourth-order valence-corrected chi connectivity index (χ4v) is 5.55. The van der Waals surface area contributed by atoms with Crippen LogP contribution in [-0.4, -0.2) is 56.4 Å². The van der Waals surface area contributed by atoms with Crippen molar-refractivity contribution < 1.29 is 9.18 Å². The van der Waals surface area contributed by atoms with Crippen LogP contribution in [0.25, 0.3) is 11.0 Å². The summed E-state index contributed by atoms with van der Waals surface area (Å²) in [5, 5.41) is 0. The first-order valence-corrected chi connectivity index (χ1v) is 13.4. The number of aromatic nitrogens is 2. The van der Waals surface area contributed by atoms with Crippen LogP contribution in [0.15, 0.2) is 42.5 Å². The molecule has 7 heteroatoms. The van der Waals surface area contributed by atoms with Crippen molar-refractivity contribution in [1.82, 2.24) is 19.4 Å². The Balaban J connectivity index is 1.63. The highest BCUT2D eigenvalue weighted by molar-refractivity contribution is 7.99. The number of rotatable bonds is 9. The largest absolute Gasteiger partial charge is 0.331 e. The van der Waals surface area contributed by atoms with Crippen LogP contribution in [0, 0.1) is 11.7 Å². The van der Waals surface area contributed by atoms with E-state index in [0.717, 1.165) is 49.5 Å². The lowest BCUT2D eigenvalue weighted by molar-refractivity contribution is 0.0715. The molecule has 1 amide bonds. The molecule has 1 aliphatic rings. The number of hydrogen-bond acceptors (Lipinski definition) is 4. The van der Waals surface area contributed by atoms with Gasteiger partial charge < -0.3 is 9.47 Å². The molecule has 5 nitrogen and oxygen atoms in total. The summed E-state index contributed by atoms with van der Waals surface area (Å²) in [5.41, 5.74) is 3.75. The van der Waals surface area contributed by atoms with Gasteiger partial charge in [-0.2, -0.15) is 11.8 Å². The molecular weight excluding hydrogens is 447 g/mol. The first-order chi connectivity index (χ1) is 16.4. The lowest BCUT2D eigenvalue weighted by Crippen LogP contribution is -2.34. The number of imidazole rings is 1. The Morgan fingerprint density at radius 1 is 1.18 bits per heavy atom. The van der Waals surface area contributed by atoms with Gasteiger partial charge in [0.1, 0.15) is 11.6 Å². The van der Waals surface area contributed by atoms with Crippen LogP contribution in [0.2, 0.25) is 0 Å². The van der Waals surface area contributed by atoms with Crippen LogP contribution in [0.5, 0.6) is 0 Å². The number of thioether (sulfide) groups is 1. The van der Waals surface area contributed by atoms with Crippen LogP contribution in [0.1, 0.15) is 48.9 Å². The molecule has 0 N–H and O–H groups in total. The van der Waals surface area contributed by atoms with Gasteiger partial charge in [-0.3, -0.25) is 9.69 Å². The van der Waals surface area contributed by atoms with Gasteiger partial charge in [-0.1, -0.05) is 32.9 Å². The second-order valence-electron chi connectivity index (χ2n) is 9.48. The fraction of sp³-hybridized carbons (Fsp3) is 0.481. The summed E-state index contributed by atoms with van der Waals surface area (Å²) >= 11 is 2.02. The smallest absolute Gasteiger partial charge is 0.254 e. The van der Waals surface area contributed by atoms with Gasteiger partial charge in [0.2, 0.25) is 0 Å². The second kappa shape index (κ2) is 11.4. The first-order valence-electron chi connectivity index (χ1n) is 12.3. The molecule has 0 radical (unpaired) electrons. The first kappa shape index (κ1) is 24.7. The fourth-order valence-electron chi connectivity index (χ4n) is 4.57. The molecule has 0 atom stereocenters. The van der Waals surface area contributed by atoms with Gasteiger partial charge in [-0.25, -0.2) is 9.37 Å². The number of benzene rings is 2. The van der Waals surface area contributed by atoms with Crippen LogP contribution in [0.4, 0.5) is 4.39 Å². The maximum atomic E-state index is 13.8. The van der Waals surface area contributed by atoms with E-state index in [1.165, 1.54) is 29.2 Å². The normalized spacial score (nSPS) is 14.7. The summed E-state index contributed by atoms with van der Waals surface area (Å²) in [4.78, 5) is 22.6. The predicted molar refractivity (Wildman–Crippen MR) is 139 cm³/mol. The van der Waals surface area contributed by atoms with Crippen molar-refractivity contribution in [2.45, 2.75) is 46.8 Å². The number of halogens is 1. The molecule has 0 bridgehead atoms. The monoisotopic (exact) mass is 482 g/mol. The molecule has 4 rings (SSSR count). The minimum Gasteiger partial charge on any atom is -0.331 e. The summed E-state index contributed by atoms with van der Waals surface area (Å²) in [7, 11) is 0. The molecule has 2 heterocycles.